The Hall–Kier alpha value is -2.69. The van der Waals surface area contributed by atoms with Crippen molar-refractivity contribution in [3.63, 3.8) is 0 Å². The number of amides is 1. The number of benzene rings is 1. The van der Waals surface area contributed by atoms with Gasteiger partial charge in [0.1, 0.15) is 5.75 Å². The van der Waals surface area contributed by atoms with Gasteiger partial charge in [-0.1, -0.05) is 11.3 Å². The van der Waals surface area contributed by atoms with Crippen molar-refractivity contribution in [1.82, 2.24) is 14.8 Å². The summed E-state index contributed by atoms with van der Waals surface area (Å²) in [4.78, 5) is 16.1. The normalized spacial score (nSPS) is 11.4. The number of hydrogen-bond donors (Lipinski definition) is 1. The summed E-state index contributed by atoms with van der Waals surface area (Å²) in [5, 5.41) is 6.03. The Balaban J connectivity index is 1.77. The number of hydrogen-bond acceptors (Lipinski definition) is 5. The zero-order valence-electron chi connectivity index (χ0n) is 11.6. The van der Waals surface area contributed by atoms with Gasteiger partial charge < -0.3 is 4.74 Å². The molecule has 1 N–H and O–H groups in total. The van der Waals surface area contributed by atoms with Crippen molar-refractivity contribution in [3.8, 4) is 5.75 Å². The molecule has 0 fully saturated rings. The highest BCUT2D eigenvalue weighted by Gasteiger charge is 2.15. The zero-order valence-corrected chi connectivity index (χ0v) is 12.4. The molecule has 3 rings (SSSR count). The standard InChI is InChI=1S/C13H8F4N4O2S/c14-11(15)21-4-3-8(20-21)10(22)19-13-18-7-2-1-6(23-12(16)17)5-9(7)24-13/h1-5,11-12H,(H,18,19,22). The van der Waals surface area contributed by atoms with Crippen LogP contribution in [0.1, 0.15) is 17.0 Å². The molecule has 6 nitrogen and oxygen atoms in total. The van der Waals surface area contributed by atoms with E-state index in [4.69, 9.17) is 0 Å². The molecule has 0 saturated heterocycles. The van der Waals surface area contributed by atoms with Crippen molar-refractivity contribution >= 4 is 32.6 Å². The molecule has 0 saturated carbocycles. The number of thiazole rings is 1. The molecule has 0 spiro atoms. The molecule has 3 aromatic rings. The van der Waals surface area contributed by atoms with E-state index in [1.54, 1.807) is 0 Å². The highest BCUT2D eigenvalue weighted by Crippen LogP contribution is 2.30. The van der Waals surface area contributed by atoms with Crippen molar-refractivity contribution in [2.45, 2.75) is 13.2 Å². The maximum absolute atomic E-state index is 12.4. The highest BCUT2D eigenvalue weighted by atomic mass is 32.1. The molecule has 11 heteroatoms. The SMILES string of the molecule is O=C(Nc1nc2ccc(OC(F)F)cc2s1)c1ccn(C(F)F)n1. The topological polar surface area (TPSA) is 69.0 Å². The molecule has 2 aromatic heterocycles. The van der Waals surface area contributed by atoms with Crippen molar-refractivity contribution in [2.75, 3.05) is 5.32 Å². The first-order valence-electron chi connectivity index (χ1n) is 6.42. The first-order valence-corrected chi connectivity index (χ1v) is 7.24. The summed E-state index contributed by atoms with van der Waals surface area (Å²) < 4.78 is 54.4. The minimum absolute atomic E-state index is 0.0327. The molecule has 0 bridgehead atoms. The largest absolute Gasteiger partial charge is 0.435 e. The molecule has 0 aliphatic heterocycles. The molecule has 0 unspecified atom stereocenters. The van der Waals surface area contributed by atoms with Crippen LogP contribution in [0.4, 0.5) is 22.7 Å². The number of aromatic nitrogens is 3. The van der Waals surface area contributed by atoms with Crippen LogP contribution in [0.5, 0.6) is 5.75 Å². The maximum atomic E-state index is 12.4. The fourth-order valence-corrected chi connectivity index (χ4v) is 2.75. The number of halogens is 4. The summed E-state index contributed by atoms with van der Waals surface area (Å²) in [6, 6.07) is 5.29. The Kier molecular flexibility index (Phi) is 4.34. The van der Waals surface area contributed by atoms with Crippen LogP contribution in [-0.4, -0.2) is 27.3 Å². The number of rotatable bonds is 5. The van der Waals surface area contributed by atoms with Gasteiger partial charge in [-0.25, -0.2) is 9.67 Å². The predicted molar refractivity (Wildman–Crippen MR) is 77.7 cm³/mol. The Morgan fingerprint density at radius 3 is 2.71 bits per heavy atom. The third-order valence-electron chi connectivity index (χ3n) is 2.85. The van der Waals surface area contributed by atoms with E-state index in [0.717, 1.165) is 23.6 Å². The van der Waals surface area contributed by atoms with E-state index in [-0.39, 0.29) is 16.6 Å². The molecular formula is C13H8F4N4O2S. The lowest BCUT2D eigenvalue weighted by molar-refractivity contribution is -0.0497. The molecule has 0 aliphatic carbocycles. The van der Waals surface area contributed by atoms with Gasteiger partial charge in [-0.05, 0) is 24.3 Å². The molecule has 126 valence electrons. The van der Waals surface area contributed by atoms with Crippen LogP contribution < -0.4 is 10.1 Å². The average Bonchev–Trinajstić information content (AvgIpc) is 3.12. The number of nitrogens with one attached hydrogen (secondary N) is 1. The van der Waals surface area contributed by atoms with E-state index < -0.39 is 19.1 Å². The highest BCUT2D eigenvalue weighted by molar-refractivity contribution is 7.22. The van der Waals surface area contributed by atoms with Crippen LogP contribution in [0.2, 0.25) is 0 Å². The molecular weight excluding hydrogens is 352 g/mol. The van der Waals surface area contributed by atoms with Crippen LogP contribution in [0.3, 0.4) is 0 Å². The number of alkyl halides is 4. The van der Waals surface area contributed by atoms with E-state index in [1.165, 1.54) is 18.2 Å². The predicted octanol–water partition coefficient (Wildman–Crippen LogP) is 3.74. The van der Waals surface area contributed by atoms with E-state index in [2.05, 4.69) is 20.1 Å². The van der Waals surface area contributed by atoms with Crippen LogP contribution >= 0.6 is 11.3 Å². The number of nitrogens with zero attached hydrogens (tertiary/aromatic N) is 3. The summed E-state index contributed by atoms with van der Waals surface area (Å²) in [5.74, 6) is -0.743. The Morgan fingerprint density at radius 1 is 1.25 bits per heavy atom. The third-order valence-corrected chi connectivity index (χ3v) is 3.78. The smallest absolute Gasteiger partial charge is 0.387 e. The van der Waals surface area contributed by atoms with E-state index >= 15 is 0 Å². The Morgan fingerprint density at radius 2 is 2.04 bits per heavy atom. The first-order chi connectivity index (χ1) is 11.4. The number of anilines is 1. The summed E-state index contributed by atoms with van der Waals surface area (Å²) in [6.45, 7) is -5.79. The van der Waals surface area contributed by atoms with Gasteiger partial charge in [-0.3, -0.25) is 10.1 Å². The van der Waals surface area contributed by atoms with Crippen molar-refractivity contribution in [1.29, 1.82) is 0 Å². The van der Waals surface area contributed by atoms with Crippen molar-refractivity contribution < 1.29 is 27.1 Å². The van der Waals surface area contributed by atoms with Gasteiger partial charge in [0, 0.05) is 6.20 Å². The lowest BCUT2D eigenvalue weighted by Crippen LogP contribution is -2.13. The lowest BCUT2D eigenvalue weighted by Gasteiger charge is -2.02. The Labute approximate surface area is 135 Å². The van der Waals surface area contributed by atoms with Gasteiger partial charge in [-0.15, -0.1) is 0 Å². The minimum Gasteiger partial charge on any atom is -0.435 e. The second-order valence-electron chi connectivity index (χ2n) is 4.44. The van der Waals surface area contributed by atoms with Crippen molar-refractivity contribution in [2.24, 2.45) is 0 Å². The minimum atomic E-state index is -2.94. The second-order valence-corrected chi connectivity index (χ2v) is 5.47. The third kappa shape index (κ3) is 3.45. The fraction of sp³-hybridized carbons (Fsp3) is 0.154. The molecule has 1 amide bonds. The van der Waals surface area contributed by atoms with Crippen molar-refractivity contribution in [3.05, 3.63) is 36.2 Å². The van der Waals surface area contributed by atoms with Gasteiger partial charge in [0.15, 0.2) is 10.8 Å². The number of carbonyl (C=O) groups excluding carboxylic acids is 1. The summed E-state index contributed by atoms with van der Waals surface area (Å²) in [5.41, 5.74) is 0.270. The van der Waals surface area contributed by atoms with Gasteiger partial charge >= 0.3 is 13.2 Å². The van der Waals surface area contributed by atoms with E-state index in [9.17, 15) is 22.4 Å². The number of fused-ring (bicyclic) bond motifs is 1. The number of carbonyl (C=O) groups is 1. The quantitative estimate of drug-likeness (QED) is 0.704. The molecule has 24 heavy (non-hydrogen) atoms. The summed E-state index contributed by atoms with van der Waals surface area (Å²) in [7, 11) is 0. The molecule has 0 atom stereocenters. The van der Waals surface area contributed by atoms with E-state index in [0.29, 0.717) is 14.9 Å². The monoisotopic (exact) mass is 360 g/mol. The van der Waals surface area contributed by atoms with E-state index in [1.807, 2.05) is 0 Å². The first kappa shape index (κ1) is 16.2. The Bertz CT molecular complexity index is 880. The zero-order chi connectivity index (χ0) is 17.3. The summed E-state index contributed by atoms with van der Waals surface area (Å²) >= 11 is 1.02. The molecule has 1 aromatic carbocycles. The molecule has 0 aliphatic rings. The lowest BCUT2D eigenvalue weighted by atomic mass is 10.3. The maximum Gasteiger partial charge on any atom is 0.387 e. The van der Waals surface area contributed by atoms with Gasteiger partial charge in [0.05, 0.1) is 10.2 Å². The molecule has 0 radical (unpaired) electrons. The fourth-order valence-electron chi connectivity index (χ4n) is 1.86. The summed E-state index contributed by atoms with van der Waals surface area (Å²) in [6.07, 6.45) is 0.978. The van der Waals surface area contributed by atoms with Crippen LogP contribution in [0.15, 0.2) is 30.5 Å². The number of ether oxygens (including phenoxy) is 1. The van der Waals surface area contributed by atoms with Crippen LogP contribution in [0, 0.1) is 0 Å². The second kappa shape index (κ2) is 6.43. The van der Waals surface area contributed by atoms with Gasteiger partial charge in [-0.2, -0.15) is 22.7 Å². The van der Waals surface area contributed by atoms with Gasteiger partial charge in [0.2, 0.25) is 0 Å². The molecule has 2 heterocycles. The average molecular weight is 360 g/mol. The van der Waals surface area contributed by atoms with Crippen LogP contribution in [0.25, 0.3) is 10.2 Å². The van der Waals surface area contributed by atoms with Crippen LogP contribution in [-0.2, 0) is 0 Å². The van der Waals surface area contributed by atoms with Gasteiger partial charge in [0.25, 0.3) is 5.91 Å².